The van der Waals surface area contributed by atoms with Gasteiger partial charge in [0.15, 0.2) is 0 Å². The molecule has 1 aromatic rings. The fourth-order valence-corrected chi connectivity index (χ4v) is 3.02. The van der Waals surface area contributed by atoms with Gasteiger partial charge in [-0.15, -0.1) is 11.8 Å². The van der Waals surface area contributed by atoms with E-state index < -0.39 is 17.9 Å². The number of amides is 3. The summed E-state index contributed by atoms with van der Waals surface area (Å²) >= 11 is 13.1. The van der Waals surface area contributed by atoms with Crippen LogP contribution in [0.15, 0.2) is 23.1 Å². The van der Waals surface area contributed by atoms with Gasteiger partial charge in [-0.1, -0.05) is 37.0 Å². The molecule has 0 bridgehead atoms. The lowest BCUT2D eigenvalue weighted by Gasteiger charge is -2.20. The van der Waals surface area contributed by atoms with Crippen molar-refractivity contribution in [1.82, 2.24) is 16.2 Å². The number of carbonyl (C=O) groups excluding carboxylic acids is 3. The van der Waals surface area contributed by atoms with Crippen molar-refractivity contribution >= 4 is 52.7 Å². The van der Waals surface area contributed by atoms with Gasteiger partial charge in [-0.25, -0.2) is 0 Å². The standard InChI is InChI=1S/C15H19Cl2N3O3S/c1-8(2)14(18-9(3)21)15(23)20-19-13(22)7-24-12-6-10(16)4-5-11(12)17/h4-6,8,14H,7H2,1-3H3,(H,18,21)(H,19,22)(H,20,23)/t14-/m1/s1. The molecule has 24 heavy (non-hydrogen) atoms. The van der Waals surface area contributed by atoms with Crippen LogP contribution in [0, 0.1) is 5.92 Å². The number of hydrogen-bond acceptors (Lipinski definition) is 4. The quantitative estimate of drug-likeness (QED) is 0.513. The van der Waals surface area contributed by atoms with E-state index in [2.05, 4.69) is 16.2 Å². The molecule has 1 aromatic carbocycles. The monoisotopic (exact) mass is 391 g/mol. The molecule has 1 atom stereocenters. The minimum atomic E-state index is -0.724. The van der Waals surface area contributed by atoms with Crippen molar-refractivity contribution in [3.63, 3.8) is 0 Å². The molecule has 132 valence electrons. The van der Waals surface area contributed by atoms with Crippen molar-refractivity contribution in [2.24, 2.45) is 5.92 Å². The van der Waals surface area contributed by atoms with E-state index in [9.17, 15) is 14.4 Å². The van der Waals surface area contributed by atoms with Crippen LogP contribution in [0.25, 0.3) is 0 Å². The lowest BCUT2D eigenvalue weighted by molar-refractivity contribution is -0.132. The molecule has 3 amide bonds. The summed E-state index contributed by atoms with van der Waals surface area (Å²) in [7, 11) is 0. The van der Waals surface area contributed by atoms with Crippen LogP contribution in [-0.4, -0.2) is 29.5 Å². The number of hydrogen-bond donors (Lipinski definition) is 3. The first-order valence-corrected chi connectivity index (χ1v) is 8.88. The molecule has 0 radical (unpaired) electrons. The molecule has 0 fully saturated rings. The van der Waals surface area contributed by atoms with Gasteiger partial charge in [0.05, 0.1) is 10.8 Å². The maximum Gasteiger partial charge on any atom is 0.261 e. The average Bonchev–Trinajstić information content (AvgIpc) is 2.50. The molecule has 9 heteroatoms. The van der Waals surface area contributed by atoms with Crippen molar-refractivity contribution in [3.05, 3.63) is 28.2 Å². The summed E-state index contributed by atoms with van der Waals surface area (Å²) in [5, 5.41) is 3.55. The zero-order valence-corrected chi connectivity index (χ0v) is 15.8. The number of thioether (sulfide) groups is 1. The Morgan fingerprint density at radius 1 is 1.17 bits per heavy atom. The lowest BCUT2D eigenvalue weighted by Crippen LogP contribution is -2.54. The van der Waals surface area contributed by atoms with Crippen LogP contribution < -0.4 is 16.2 Å². The van der Waals surface area contributed by atoms with Gasteiger partial charge in [-0.3, -0.25) is 25.2 Å². The summed E-state index contributed by atoms with van der Waals surface area (Å²) in [6.45, 7) is 4.91. The normalized spacial score (nSPS) is 11.8. The molecular formula is C15H19Cl2N3O3S. The molecule has 0 heterocycles. The van der Waals surface area contributed by atoms with Crippen molar-refractivity contribution < 1.29 is 14.4 Å². The Morgan fingerprint density at radius 3 is 2.42 bits per heavy atom. The number of benzene rings is 1. The summed E-state index contributed by atoms with van der Waals surface area (Å²) in [5.41, 5.74) is 4.61. The average molecular weight is 392 g/mol. The number of rotatable bonds is 6. The molecule has 0 spiro atoms. The summed E-state index contributed by atoms with van der Waals surface area (Å²) < 4.78 is 0. The predicted molar refractivity (Wildman–Crippen MR) is 95.9 cm³/mol. The van der Waals surface area contributed by atoms with Gasteiger partial charge in [0.25, 0.3) is 5.91 Å². The summed E-state index contributed by atoms with van der Waals surface area (Å²) in [4.78, 5) is 35.6. The van der Waals surface area contributed by atoms with Crippen LogP contribution in [0.3, 0.4) is 0 Å². The van der Waals surface area contributed by atoms with Gasteiger partial charge in [0, 0.05) is 16.8 Å². The number of hydrazine groups is 1. The molecule has 0 aliphatic carbocycles. The SMILES string of the molecule is CC(=O)N[C@@H](C(=O)NNC(=O)CSc1cc(Cl)ccc1Cl)C(C)C. The Kier molecular flexibility index (Phi) is 8.38. The van der Waals surface area contributed by atoms with Gasteiger partial charge in [0.1, 0.15) is 6.04 Å². The van der Waals surface area contributed by atoms with E-state index in [0.717, 1.165) is 0 Å². The maximum atomic E-state index is 12.0. The van der Waals surface area contributed by atoms with Gasteiger partial charge in [-0.05, 0) is 24.1 Å². The third-order valence-electron chi connectivity index (χ3n) is 2.89. The molecule has 6 nitrogen and oxygen atoms in total. The minimum absolute atomic E-state index is 0.0484. The Bertz CT molecular complexity index is 626. The zero-order valence-electron chi connectivity index (χ0n) is 13.5. The third kappa shape index (κ3) is 6.98. The van der Waals surface area contributed by atoms with E-state index in [0.29, 0.717) is 14.9 Å². The molecule has 0 aromatic heterocycles. The highest BCUT2D eigenvalue weighted by Crippen LogP contribution is 2.29. The van der Waals surface area contributed by atoms with Gasteiger partial charge < -0.3 is 5.32 Å². The van der Waals surface area contributed by atoms with E-state index in [1.165, 1.54) is 18.7 Å². The van der Waals surface area contributed by atoms with Crippen LogP contribution in [-0.2, 0) is 14.4 Å². The molecule has 0 saturated heterocycles. The van der Waals surface area contributed by atoms with E-state index in [1.807, 2.05) is 0 Å². The smallest absolute Gasteiger partial charge is 0.261 e. The van der Waals surface area contributed by atoms with Crippen molar-refractivity contribution in [2.75, 3.05) is 5.75 Å². The first kappa shape index (κ1) is 20.6. The summed E-state index contributed by atoms with van der Waals surface area (Å²) in [6, 6.07) is 4.23. The largest absolute Gasteiger partial charge is 0.344 e. The highest BCUT2D eigenvalue weighted by Gasteiger charge is 2.23. The number of carbonyl (C=O) groups is 3. The molecule has 1 rings (SSSR count). The molecule has 0 aliphatic heterocycles. The zero-order chi connectivity index (χ0) is 18.3. The maximum absolute atomic E-state index is 12.0. The second kappa shape index (κ2) is 9.76. The lowest BCUT2D eigenvalue weighted by atomic mass is 10.0. The van der Waals surface area contributed by atoms with E-state index >= 15 is 0 Å². The van der Waals surface area contributed by atoms with E-state index in [4.69, 9.17) is 23.2 Å². The predicted octanol–water partition coefficient (Wildman–Crippen LogP) is 2.39. The van der Waals surface area contributed by atoms with Gasteiger partial charge in [-0.2, -0.15) is 0 Å². The molecular weight excluding hydrogens is 373 g/mol. The summed E-state index contributed by atoms with van der Waals surface area (Å²) in [5.74, 6) is -1.28. The van der Waals surface area contributed by atoms with Crippen LogP contribution in [0.2, 0.25) is 10.0 Å². The Labute approximate surface area is 155 Å². The minimum Gasteiger partial charge on any atom is -0.344 e. The first-order valence-electron chi connectivity index (χ1n) is 7.14. The Hall–Kier alpha value is -1.44. The van der Waals surface area contributed by atoms with Gasteiger partial charge >= 0.3 is 0 Å². The highest BCUT2D eigenvalue weighted by atomic mass is 35.5. The van der Waals surface area contributed by atoms with Crippen molar-refractivity contribution in [3.8, 4) is 0 Å². The highest BCUT2D eigenvalue weighted by molar-refractivity contribution is 8.00. The van der Waals surface area contributed by atoms with Crippen LogP contribution in [0.4, 0.5) is 0 Å². The fraction of sp³-hybridized carbons (Fsp3) is 0.400. The van der Waals surface area contributed by atoms with Crippen molar-refractivity contribution in [2.45, 2.75) is 31.7 Å². The Morgan fingerprint density at radius 2 is 1.83 bits per heavy atom. The second-order valence-corrected chi connectivity index (χ2v) is 7.18. The molecule has 3 N–H and O–H groups in total. The van der Waals surface area contributed by atoms with Crippen LogP contribution in [0.5, 0.6) is 0 Å². The number of nitrogens with one attached hydrogen (secondary N) is 3. The van der Waals surface area contributed by atoms with E-state index in [1.54, 1.807) is 32.0 Å². The Balaban J connectivity index is 2.49. The number of halogens is 2. The molecule has 0 aliphatic rings. The molecule has 0 unspecified atom stereocenters. The van der Waals surface area contributed by atoms with Crippen LogP contribution in [0.1, 0.15) is 20.8 Å². The van der Waals surface area contributed by atoms with E-state index in [-0.39, 0.29) is 17.6 Å². The second-order valence-electron chi connectivity index (χ2n) is 5.32. The molecule has 0 saturated carbocycles. The van der Waals surface area contributed by atoms with Crippen molar-refractivity contribution in [1.29, 1.82) is 0 Å². The van der Waals surface area contributed by atoms with Crippen LogP contribution >= 0.6 is 35.0 Å². The topological polar surface area (TPSA) is 87.3 Å². The first-order chi connectivity index (χ1) is 11.2. The third-order valence-corrected chi connectivity index (χ3v) is 4.62. The summed E-state index contributed by atoms with van der Waals surface area (Å²) in [6.07, 6.45) is 0. The fourth-order valence-electron chi connectivity index (χ4n) is 1.73. The van der Waals surface area contributed by atoms with Gasteiger partial charge in [0.2, 0.25) is 11.8 Å².